The van der Waals surface area contributed by atoms with Crippen molar-refractivity contribution in [1.29, 1.82) is 0 Å². The standard InChI is InChI=1S/C21H26N2O3S/c1-16(2)19-9-6-18(7-10-19)8-13-21(24)22-14-15-23-27(25,26)20-11-4-17(3)5-12-20/h4-13,16,23H,14-15H2,1-3H3,(H,22,24). The lowest BCUT2D eigenvalue weighted by atomic mass is 10.0. The molecule has 1 amide bonds. The van der Waals surface area contributed by atoms with Gasteiger partial charge < -0.3 is 5.32 Å². The highest BCUT2D eigenvalue weighted by Gasteiger charge is 2.12. The van der Waals surface area contributed by atoms with Crippen molar-refractivity contribution in [2.24, 2.45) is 0 Å². The van der Waals surface area contributed by atoms with Crippen LogP contribution in [0.25, 0.3) is 6.08 Å². The molecule has 0 fully saturated rings. The Balaban J connectivity index is 1.77. The van der Waals surface area contributed by atoms with Gasteiger partial charge in [-0.15, -0.1) is 0 Å². The molecule has 5 nitrogen and oxygen atoms in total. The number of carbonyl (C=O) groups is 1. The molecule has 144 valence electrons. The van der Waals surface area contributed by atoms with E-state index in [0.29, 0.717) is 5.92 Å². The molecule has 0 aliphatic rings. The van der Waals surface area contributed by atoms with Gasteiger partial charge >= 0.3 is 0 Å². The minimum absolute atomic E-state index is 0.124. The average molecular weight is 387 g/mol. The van der Waals surface area contributed by atoms with Crippen molar-refractivity contribution < 1.29 is 13.2 Å². The van der Waals surface area contributed by atoms with Crippen LogP contribution < -0.4 is 10.0 Å². The fourth-order valence-corrected chi connectivity index (χ4v) is 3.43. The van der Waals surface area contributed by atoms with Gasteiger partial charge in [0, 0.05) is 19.2 Å². The number of sulfonamides is 1. The molecular formula is C21H26N2O3S. The first-order valence-electron chi connectivity index (χ1n) is 8.90. The Morgan fingerprint density at radius 2 is 1.63 bits per heavy atom. The third-order valence-electron chi connectivity index (χ3n) is 4.08. The van der Waals surface area contributed by atoms with Gasteiger partial charge in [-0.25, -0.2) is 13.1 Å². The van der Waals surface area contributed by atoms with Gasteiger partial charge in [0.05, 0.1) is 4.90 Å². The largest absolute Gasteiger partial charge is 0.351 e. The molecule has 0 saturated carbocycles. The number of nitrogens with one attached hydrogen (secondary N) is 2. The smallest absolute Gasteiger partial charge is 0.244 e. The Bertz CT molecular complexity index is 884. The Kier molecular flexibility index (Phi) is 7.33. The van der Waals surface area contributed by atoms with Crippen LogP contribution in [0.15, 0.2) is 59.5 Å². The first-order chi connectivity index (χ1) is 12.8. The number of carbonyl (C=O) groups excluding carboxylic acids is 1. The molecule has 0 saturated heterocycles. The monoisotopic (exact) mass is 386 g/mol. The van der Waals surface area contributed by atoms with E-state index in [9.17, 15) is 13.2 Å². The molecule has 2 N–H and O–H groups in total. The van der Waals surface area contributed by atoms with Crippen molar-refractivity contribution in [3.05, 3.63) is 71.3 Å². The van der Waals surface area contributed by atoms with Crippen molar-refractivity contribution in [3.63, 3.8) is 0 Å². The van der Waals surface area contributed by atoms with E-state index in [4.69, 9.17) is 0 Å². The number of hydrogen-bond donors (Lipinski definition) is 2. The van der Waals surface area contributed by atoms with Crippen LogP contribution >= 0.6 is 0 Å². The van der Waals surface area contributed by atoms with E-state index in [-0.39, 0.29) is 23.9 Å². The summed E-state index contributed by atoms with van der Waals surface area (Å²) in [4.78, 5) is 12.1. The molecule has 0 unspecified atom stereocenters. The summed E-state index contributed by atoms with van der Waals surface area (Å²) in [5, 5.41) is 2.66. The molecule has 2 aromatic carbocycles. The zero-order valence-corrected chi connectivity index (χ0v) is 16.7. The van der Waals surface area contributed by atoms with Crippen molar-refractivity contribution >= 4 is 22.0 Å². The first-order valence-corrected chi connectivity index (χ1v) is 10.4. The van der Waals surface area contributed by atoms with Gasteiger partial charge in [0.15, 0.2) is 0 Å². The lowest BCUT2D eigenvalue weighted by Crippen LogP contribution is -2.34. The summed E-state index contributed by atoms with van der Waals surface area (Å²) >= 11 is 0. The van der Waals surface area contributed by atoms with Crippen LogP contribution in [0.5, 0.6) is 0 Å². The fraction of sp³-hybridized carbons (Fsp3) is 0.286. The lowest BCUT2D eigenvalue weighted by Gasteiger charge is -2.07. The van der Waals surface area contributed by atoms with Crippen molar-refractivity contribution in [1.82, 2.24) is 10.0 Å². The topological polar surface area (TPSA) is 75.3 Å². The minimum atomic E-state index is -3.56. The molecule has 6 heteroatoms. The molecule has 0 bridgehead atoms. The molecule has 0 radical (unpaired) electrons. The van der Waals surface area contributed by atoms with Gasteiger partial charge in [-0.3, -0.25) is 4.79 Å². The van der Waals surface area contributed by atoms with E-state index in [2.05, 4.69) is 23.9 Å². The van der Waals surface area contributed by atoms with Crippen LogP contribution in [0.3, 0.4) is 0 Å². The fourth-order valence-electron chi connectivity index (χ4n) is 2.39. The molecule has 2 rings (SSSR count). The van der Waals surface area contributed by atoms with Crippen molar-refractivity contribution in [2.45, 2.75) is 31.6 Å². The van der Waals surface area contributed by atoms with Gasteiger partial charge in [0.25, 0.3) is 0 Å². The zero-order valence-electron chi connectivity index (χ0n) is 15.9. The highest BCUT2D eigenvalue weighted by atomic mass is 32.2. The van der Waals surface area contributed by atoms with Gasteiger partial charge in [-0.1, -0.05) is 55.8 Å². The highest BCUT2D eigenvalue weighted by Crippen LogP contribution is 2.15. The second-order valence-electron chi connectivity index (χ2n) is 6.66. The zero-order chi connectivity index (χ0) is 19.9. The van der Waals surface area contributed by atoms with Gasteiger partial charge in [-0.05, 0) is 42.2 Å². The molecule has 0 aliphatic carbocycles. The van der Waals surface area contributed by atoms with Crippen LogP contribution in [0, 0.1) is 6.92 Å². The summed E-state index contributed by atoms with van der Waals surface area (Å²) in [5.41, 5.74) is 3.18. The Morgan fingerprint density at radius 1 is 1.00 bits per heavy atom. The van der Waals surface area contributed by atoms with Gasteiger partial charge in [0.1, 0.15) is 0 Å². The molecule has 0 heterocycles. The van der Waals surface area contributed by atoms with E-state index < -0.39 is 10.0 Å². The van der Waals surface area contributed by atoms with Crippen LogP contribution in [0.1, 0.15) is 36.5 Å². The number of amides is 1. The maximum Gasteiger partial charge on any atom is 0.244 e. The third-order valence-corrected chi connectivity index (χ3v) is 5.55. The molecule has 27 heavy (non-hydrogen) atoms. The summed E-state index contributed by atoms with van der Waals surface area (Å²) < 4.78 is 26.7. The summed E-state index contributed by atoms with van der Waals surface area (Å²) in [5.74, 6) is 0.201. The Morgan fingerprint density at radius 3 is 2.22 bits per heavy atom. The average Bonchev–Trinajstić information content (AvgIpc) is 2.64. The highest BCUT2D eigenvalue weighted by molar-refractivity contribution is 7.89. The van der Waals surface area contributed by atoms with E-state index >= 15 is 0 Å². The Hall–Kier alpha value is -2.44. The van der Waals surface area contributed by atoms with E-state index in [1.165, 1.54) is 11.6 Å². The number of rotatable bonds is 8. The third kappa shape index (κ3) is 6.66. The van der Waals surface area contributed by atoms with E-state index in [0.717, 1.165) is 11.1 Å². The summed E-state index contributed by atoms with van der Waals surface area (Å²) in [6.07, 6.45) is 3.18. The first kappa shape index (κ1) is 20.9. The van der Waals surface area contributed by atoms with Crippen LogP contribution in [-0.4, -0.2) is 27.4 Å². The quantitative estimate of drug-likeness (QED) is 0.540. The van der Waals surface area contributed by atoms with Gasteiger partial charge in [0.2, 0.25) is 15.9 Å². The molecule has 2 aromatic rings. The summed E-state index contributed by atoms with van der Waals surface area (Å²) in [7, 11) is -3.56. The summed E-state index contributed by atoms with van der Waals surface area (Å²) in [6.45, 7) is 6.49. The predicted octanol–water partition coefficient (Wildman–Crippen LogP) is 3.23. The second-order valence-corrected chi connectivity index (χ2v) is 8.42. The van der Waals surface area contributed by atoms with Crippen LogP contribution in [0.4, 0.5) is 0 Å². The van der Waals surface area contributed by atoms with Crippen molar-refractivity contribution in [2.75, 3.05) is 13.1 Å². The number of benzene rings is 2. The Labute approximate surface area is 161 Å². The molecule has 0 spiro atoms. The molecule has 0 aliphatic heterocycles. The van der Waals surface area contributed by atoms with E-state index in [1.54, 1.807) is 30.3 Å². The SMILES string of the molecule is Cc1ccc(S(=O)(=O)NCCNC(=O)C=Cc2ccc(C(C)C)cc2)cc1. The molecule has 0 aromatic heterocycles. The predicted molar refractivity (Wildman–Crippen MR) is 109 cm³/mol. The summed E-state index contributed by atoms with van der Waals surface area (Å²) in [6, 6.07) is 14.6. The van der Waals surface area contributed by atoms with Gasteiger partial charge in [-0.2, -0.15) is 0 Å². The number of aryl methyl sites for hydroxylation is 1. The normalized spacial score (nSPS) is 11.9. The molecule has 0 atom stereocenters. The van der Waals surface area contributed by atoms with Crippen LogP contribution in [-0.2, 0) is 14.8 Å². The maximum absolute atomic E-state index is 12.1. The second kappa shape index (κ2) is 9.48. The van der Waals surface area contributed by atoms with Crippen LogP contribution in [0.2, 0.25) is 0 Å². The minimum Gasteiger partial charge on any atom is -0.351 e. The molecular weight excluding hydrogens is 360 g/mol. The van der Waals surface area contributed by atoms with E-state index in [1.807, 2.05) is 31.2 Å². The van der Waals surface area contributed by atoms with Crippen molar-refractivity contribution in [3.8, 4) is 0 Å². The maximum atomic E-state index is 12.1. The number of hydrogen-bond acceptors (Lipinski definition) is 3. The lowest BCUT2D eigenvalue weighted by molar-refractivity contribution is -0.116.